The molecule has 2 aliphatic heterocycles. The Morgan fingerprint density at radius 2 is 1.95 bits per heavy atom. The third-order valence-corrected chi connectivity index (χ3v) is 7.59. The third kappa shape index (κ3) is 7.11. The Hall–Kier alpha value is -2.53. The van der Waals surface area contributed by atoms with E-state index in [1.807, 2.05) is 48.0 Å². The number of benzene rings is 1. The zero-order valence-electron chi connectivity index (χ0n) is 23.0. The van der Waals surface area contributed by atoms with Crippen LogP contribution in [0.15, 0.2) is 24.3 Å². The molecule has 2 unspecified atom stereocenters. The highest BCUT2D eigenvalue weighted by Crippen LogP contribution is 2.24. The molecule has 10 nitrogen and oxygen atoms in total. The molecule has 2 aliphatic rings. The first-order valence-corrected chi connectivity index (χ1v) is 14.2. The molecule has 0 aliphatic carbocycles. The number of hydrogen-bond acceptors (Lipinski definition) is 7. The monoisotopic (exact) mass is 527 g/mol. The van der Waals surface area contributed by atoms with Crippen molar-refractivity contribution in [1.82, 2.24) is 30.0 Å². The normalized spacial score (nSPS) is 21.0. The first kappa shape index (κ1) is 28.5. The quantitative estimate of drug-likeness (QED) is 0.358. The number of aromatic nitrogens is 2. The maximum Gasteiger partial charge on any atom is 0.290 e. The van der Waals surface area contributed by atoms with E-state index in [1.165, 1.54) is 0 Å². The topological polar surface area (TPSA) is 118 Å². The fourth-order valence-corrected chi connectivity index (χ4v) is 5.61. The molecule has 0 radical (unpaired) electrons. The molecule has 3 heterocycles. The van der Waals surface area contributed by atoms with Gasteiger partial charge < -0.3 is 35.5 Å². The number of hydrogen-bond donors (Lipinski definition) is 3. The minimum atomic E-state index is -0.195. The molecule has 210 valence electrons. The molecule has 2 aromatic rings. The minimum Gasteiger partial charge on any atom is -0.378 e. The summed E-state index contributed by atoms with van der Waals surface area (Å²) < 4.78 is 7.50. The summed E-state index contributed by atoms with van der Waals surface area (Å²) >= 11 is 0. The van der Waals surface area contributed by atoms with Crippen LogP contribution in [0.1, 0.15) is 49.6 Å². The molecule has 1 aromatic carbocycles. The van der Waals surface area contributed by atoms with Crippen LogP contribution in [0.4, 0.5) is 0 Å². The van der Waals surface area contributed by atoms with E-state index in [9.17, 15) is 9.59 Å². The lowest BCUT2D eigenvalue weighted by Crippen LogP contribution is -2.57. The van der Waals surface area contributed by atoms with Crippen LogP contribution < -0.4 is 16.4 Å². The number of para-hydroxylation sites is 2. The Morgan fingerprint density at radius 3 is 2.71 bits per heavy atom. The van der Waals surface area contributed by atoms with Crippen LogP contribution in [0, 0.1) is 5.92 Å². The number of carbonyl (C=O) groups excluding carboxylic acids is 2. The summed E-state index contributed by atoms with van der Waals surface area (Å²) in [5.74, 6) is 0.319. The summed E-state index contributed by atoms with van der Waals surface area (Å²) in [4.78, 5) is 36.0. The highest BCUT2D eigenvalue weighted by molar-refractivity contribution is 5.95. The van der Waals surface area contributed by atoms with Gasteiger partial charge in [-0.3, -0.25) is 9.59 Å². The van der Waals surface area contributed by atoms with Gasteiger partial charge in [-0.1, -0.05) is 25.0 Å². The molecule has 38 heavy (non-hydrogen) atoms. The Labute approximate surface area is 226 Å². The number of nitrogens with two attached hydrogens (primary N) is 1. The van der Waals surface area contributed by atoms with E-state index < -0.39 is 0 Å². The molecule has 1 aromatic heterocycles. The average molecular weight is 528 g/mol. The van der Waals surface area contributed by atoms with Gasteiger partial charge in [0.15, 0.2) is 5.82 Å². The summed E-state index contributed by atoms with van der Waals surface area (Å²) in [7, 11) is 1.98. The molecule has 0 spiro atoms. The van der Waals surface area contributed by atoms with Crippen molar-refractivity contribution in [1.29, 1.82) is 0 Å². The van der Waals surface area contributed by atoms with Crippen molar-refractivity contribution in [2.45, 2.75) is 57.7 Å². The second-order valence-electron chi connectivity index (χ2n) is 10.7. The average Bonchev–Trinajstić information content (AvgIpc) is 3.32. The predicted molar refractivity (Wildman–Crippen MR) is 149 cm³/mol. The van der Waals surface area contributed by atoms with Crippen LogP contribution in [0.3, 0.4) is 0 Å². The van der Waals surface area contributed by atoms with E-state index in [0.29, 0.717) is 58.2 Å². The zero-order valence-corrected chi connectivity index (χ0v) is 23.0. The number of aryl methyl sites for hydroxylation is 1. The maximum absolute atomic E-state index is 14.2. The van der Waals surface area contributed by atoms with Gasteiger partial charge in [-0.25, -0.2) is 4.98 Å². The van der Waals surface area contributed by atoms with Crippen molar-refractivity contribution in [3.05, 3.63) is 30.1 Å². The number of ether oxygens (including phenoxy) is 1. The minimum absolute atomic E-state index is 0.111. The number of nitrogens with zero attached hydrogens (tertiary/aromatic N) is 4. The molecular weight excluding hydrogens is 482 g/mol. The molecule has 0 bridgehead atoms. The van der Waals surface area contributed by atoms with Gasteiger partial charge in [-0.15, -0.1) is 0 Å². The molecule has 4 rings (SSSR count). The van der Waals surface area contributed by atoms with Crippen molar-refractivity contribution in [2.75, 3.05) is 59.5 Å². The SMILES string of the molecule is CNCCCCCCn1c(C(=O)N(CC(C)N)C2CNC[C@H](C(=O)N3CCOCC3)C2)nc2ccccc21. The first-order chi connectivity index (χ1) is 18.5. The fourth-order valence-electron chi connectivity index (χ4n) is 5.61. The Kier molecular flexibility index (Phi) is 10.5. The number of unbranched alkanes of at least 4 members (excludes halogenated alkanes) is 3. The summed E-state index contributed by atoms with van der Waals surface area (Å²) in [5, 5.41) is 6.62. The van der Waals surface area contributed by atoms with Gasteiger partial charge in [0.1, 0.15) is 0 Å². The lowest BCUT2D eigenvalue weighted by Gasteiger charge is -2.40. The second-order valence-corrected chi connectivity index (χ2v) is 10.7. The molecule has 10 heteroatoms. The Bertz CT molecular complexity index is 1050. The summed E-state index contributed by atoms with van der Waals surface area (Å²) in [5.41, 5.74) is 8.05. The fraction of sp³-hybridized carbons (Fsp3) is 0.679. The van der Waals surface area contributed by atoms with Gasteiger partial charge in [-0.05, 0) is 51.9 Å². The number of amides is 2. The van der Waals surface area contributed by atoms with Gasteiger partial charge in [-0.2, -0.15) is 0 Å². The number of carbonyl (C=O) groups is 2. The first-order valence-electron chi connectivity index (χ1n) is 14.2. The van der Waals surface area contributed by atoms with Crippen molar-refractivity contribution in [3.63, 3.8) is 0 Å². The number of nitrogens with one attached hydrogen (secondary N) is 2. The van der Waals surface area contributed by atoms with Crippen LogP contribution in [0.5, 0.6) is 0 Å². The standard InChI is InChI=1S/C28H45N7O3/c1-21(29)20-35(23-17-22(18-31-19-23)27(36)33-13-15-38-16-14-33)28(37)26-32-24-9-5-6-10-25(24)34(26)12-8-4-3-7-11-30-2/h5-6,9-10,21-23,30-31H,3-4,7-8,11-20,29H2,1-2H3/t21?,22-,23?/m1/s1. The molecule has 2 fully saturated rings. The van der Waals surface area contributed by atoms with Gasteiger partial charge in [0.25, 0.3) is 5.91 Å². The van der Waals surface area contributed by atoms with Crippen molar-refractivity contribution in [2.24, 2.45) is 11.7 Å². The maximum atomic E-state index is 14.2. The zero-order chi connectivity index (χ0) is 26.9. The number of imidazole rings is 1. The van der Waals surface area contributed by atoms with Crippen LogP contribution >= 0.6 is 0 Å². The summed E-state index contributed by atoms with van der Waals surface area (Å²) in [6, 6.07) is 7.62. The van der Waals surface area contributed by atoms with E-state index in [4.69, 9.17) is 15.5 Å². The highest BCUT2D eigenvalue weighted by atomic mass is 16.5. The highest BCUT2D eigenvalue weighted by Gasteiger charge is 2.36. The van der Waals surface area contributed by atoms with Crippen molar-refractivity contribution < 1.29 is 14.3 Å². The smallest absolute Gasteiger partial charge is 0.290 e. The number of piperidine rings is 1. The van der Waals surface area contributed by atoms with E-state index in [1.54, 1.807) is 0 Å². The number of fused-ring (bicyclic) bond motifs is 1. The van der Waals surface area contributed by atoms with Crippen LogP contribution in [0.2, 0.25) is 0 Å². The van der Waals surface area contributed by atoms with Crippen LogP contribution in [-0.4, -0.2) is 103 Å². The summed E-state index contributed by atoms with van der Waals surface area (Å²) in [6.45, 7) is 7.77. The Balaban J connectivity index is 1.53. The van der Waals surface area contributed by atoms with E-state index in [-0.39, 0.29) is 29.8 Å². The number of rotatable bonds is 12. The molecule has 3 atom stereocenters. The van der Waals surface area contributed by atoms with Crippen molar-refractivity contribution in [3.8, 4) is 0 Å². The lowest BCUT2D eigenvalue weighted by atomic mass is 9.92. The second kappa shape index (κ2) is 14.0. The van der Waals surface area contributed by atoms with Gasteiger partial charge >= 0.3 is 0 Å². The van der Waals surface area contributed by atoms with Crippen LogP contribution in [-0.2, 0) is 16.1 Å². The van der Waals surface area contributed by atoms with E-state index in [2.05, 4.69) is 15.2 Å². The predicted octanol–water partition coefficient (Wildman–Crippen LogP) is 1.44. The Morgan fingerprint density at radius 1 is 1.18 bits per heavy atom. The van der Waals surface area contributed by atoms with Gasteiger partial charge in [0, 0.05) is 51.4 Å². The molecule has 2 saturated heterocycles. The molecular formula is C28H45N7O3. The van der Waals surface area contributed by atoms with Gasteiger partial charge in [0.2, 0.25) is 5.91 Å². The largest absolute Gasteiger partial charge is 0.378 e. The van der Waals surface area contributed by atoms with Crippen molar-refractivity contribution >= 4 is 22.8 Å². The third-order valence-electron chi connectivity index (χ3n) is 7.59. The molecule has 4 N–H and O–H groups in total. The molecule has 2 amide bonds. The number of morpholine rings is 1. The lowest BCUT2D eigenvalue weighted by molar-refractivity contribution is -0.140. The molecule has 0 saturated carbocycles. The van der Waals surface area contributed by atoms with E-state index in [0.717, 1.165) is 49.8 Å². The van der Waals surface area contributed by atoms with Gasteiger partial charge in [0.05, 0.1) is 30.2 Å². The summed E-state index contributed by atoms with van der Waals surface area (Å²) in [6.07, 6.45) is 5.00. The van der Waals surface area contributed by atoms with Crippen LogP contribution in [0.25, 0.3) is 11.0 Å². The van der Waals surface area contributed by atoms with E-state index >= 15 is 0 Å².